The number of nitrogen functional groups attached to an aromatic ring is 1. The predicted octanol–water partition coefficient (Wildman–Crippen LogP) is 0.781. The van der Waals surface area contributed by atoms with Crippen LogP contribution in [0.3, 0.4) is 0 Å². The van der Waals surface area contributed by atoms with E-state index in [0.29, 0.717) is 30.3 Å². The fourth-order valence-electron chi connectivity index (χ4n) is 2.38. The first-order valence-corrected chi connectivity index (χ1v) is 7.57. The first-order chi connectivity index (χ1) is 10.9. The van der Waals surface area contributed by atoms with Gasteiger partial charge in [0, 0.05) is 25.4 Å². The number of amides is 2. The first-order valence-electron chi connectivity index (χ1n) is 7.57. The Bertz CT molecular complexity index is 589. The highest BCUT2D eigenvalue weighted by Crippen LogP contribution is 2.36. The number of benzene rings is 1. The van der Waals surface area contributed by atoms with Crippen molar-refractivity contribution in [1.29, 1.82) is 0 Å². The van der Waals surface area contributed by atoms with Crippen molar-refractivity contribution in [3.63, 3.8) is 0 Å². The fourth-order valence-corrected chi connectivity index (χ4v) is 2.38. The van der Waals surface area contributed by atoms with Crippen molar-refractivity contribution in [3.05, 3.63) is 18.2 Å². The van der Waals surface area contributed by atoms with E-state index in [1.54, 1.807) is 25.3 Å². The van der Waals surface area contributed by atoms with E-state index < -0.39 is 6.10 Å². The van der Waals surface area contributed by atoms with Gasteiger partial charge in [0.25, 0.3) is 5.91 Å². The van der Waals surface area contributed by atoms with Gasteiger partial charge < -0.3 is 20.5 Å². The van der Waals surface area contributed by atoms with Gasteiger partial charge in [-0.05, 0) is 18.1 Å². The number of anilines is 2. The van der Waals surface area contributed by atoms with Crippen LogP contribution in [0.2, 0.25) is 0 Å². The zero-order chi connectivity index (χ0) is 17.0. The number of carbonyl (C=O) groups excluding carboxylic acids is 2. The van der Waals surface area contributed by atoms with E-state index in [-0.39, 0.29) is 24.3 Å². The molecule has 0 saturated carbocycles. The molecular formula is C16H23N3O4. The van der Waals surface area contributed by atoms with Crippen molar-refractivity contribution >= 4 is 23.2 Å². The molecule has 1 aliphatic heterocycles. The Hall–Kier alpha value is -2.28. The summed E-state index contributed by atoms with van der Waals surface area (Å²) in [6, 6.07) is 5.05. The van der Waals surface area contributed by atoms with Crippen molar-refractivity contribution in [2.45, 2.75) is 20.0 Å². The minimum atomic E-state index is -0.629. The maximum atomic E-state index is 12.6. The number of ether oxygens (including phenoxy) is 2. The second kappa shape index (κ2) is 7.32. The lowest BCUT2D eigenvalue weighted by Gasteiger charge is -2.35. The molecule has 2 amide bonds. The Morgan fingerprint density at radius 2 is 2.22 bits per heavy atom. The molecule has 0 aromatic heterocycles. The fraction of sp³-hybridized carbons (Fsp3) is 0.500. The van der Waals surface area contributed by atoms with Crippen LogP contribution in [0.25, 0.3) is 0 Å². The number of methoxy groups -OCH3 is 1. The van der Waals surface area contributed by atoms with Gasteiger partial charge in [0.15, 0.2) is 6.10 Å². The smallest absolute Gasteiger partial charge is 0.268 e. The Morgan fingerprint density at radius 3 is 2.87 bits per heavy atom. The molecule has 0 radical (unpaired) electrons. The molecular weight excluding hydrogens is 298 g/mol. The summed E-state index contributed by atoms with van der Waals surface area (Å²) in [5, 5.41) is 2.71. The van der Waals surface area contributed by atoms with Crippen LogP contribution in [-0.4, -0.2) is 44.7 Å². The molecule has 2 rings (SSSR count). The number of nitrogens with zero attached hydrogens (tertiary/aromatic N) is 1. The van der Waals surface area contributed by atoms with Gasteiger partial charge >= 0.3 is 0 Å². The lowest BCUT2D eigenvalue weighted by Crippen LogP contribution is -2.51. The van der Waals surface area contributed by atoms with Crippen molar-refractivity contribution in [3.8, 4) is 5.75 Å². The van der Waals surface area contributed by atoms with Gasteiger partial charge in [-0.3, -0.25) is 14.5 Å². The molecule has 1 aliphatic rings. The molecule has 0 bridgehead atoms. The largest absolute Gasteiger partial charge is 0.478 e. The third kappa shape index (κ3) is 3.92. The quantitative estimate of drug-likeness (QED) is 0.596. The molecule has 0 saturated heterocycles. The Balaban J connectivity index is 2.22. The van der Waals surface area contributed by atoms with Crippen LogP contribution >= 0.6 is 0 Å². The van der Waals surface area contributed by atoms with E-state index in [9.17, 15) is 9.59 Å². The lowest BCUT2D eigenvalue weighted by atomic mass is 10.0. The highest BCUT2D eigenvalue weighted by Gasteiger charge is 2.37. The van der Waals surface area contributed by atoms with Crippen LogP contribution in [0, 0.1) is 5.92 Å². The van der Waals surface area contributed by atoms with E-state index in [1.165, 1.54) is 4.90 Å². The van der Waals surface area contributed by atoms with E-state index >= 15 is 0 Å². The number of carbonyl (C=O) groups is 2. The number of nitrogens with one attached hydrogen (secondary N) is 1. The molecule has 1 aromatic rings. The molecule has 1 atom stereocenters. The molecule has 0 aliphatic carbocycles. The zero-order valence-corrected chi connectivity index (χ0v) is 13.7. The van der Waals surface area contributed by atoms with Gasteiger partial charge in [0.1, 0.15) is 12.3 Å². The van der Waals surface area contributed by atoms with Gasteiger partial charge in [-0.1, -0.05) is 13.8 Å². The molecule has 3 N–H and O–H groups in total. The summed E-state index contributed by atoms with van der Waals surface area (Å²) < 4.78 is 10.7. The maximum absolute atomic E-state index is 12.6. The standard InChI is InChI=1S/C16H23N3O4/c1-10(2)15-16(21)19(9-14(20)18-6-7-22-3)12-5-4-11(17)8-13(12)23-15/h4-5,8,10,15H,6-7,9,17H2,1-3H3,(H,18,20). The minimum absolute atomic E-state index is 0.0175. The van der Waals surface area contributed by atoms with Crippen LogP contribution < -0.4 is 20.7 Å². The molecule has 0 spiro atoms. The van der Waals surface area contributed by atoms with Gasteiger partial charge in [-0.2, -0.15) is 0 Å². The van der Waals surface area contributed by atoms with Crippen molar-refractivity contribution in [1.82, 2.24) is 5.32 Å². The summed E-state index contributed by atoms with van der Waals surface area (Å²) in [4.78, 5) is 26.2. The average molecular weight is 321 g/mol. The van der Waals surface area contributed by atoms with Crippen LogP contribution in [0.4, 0.5) is 11.4 Å². The number of hydrogen-bond donors (Lipinski definition) is 2. The Morgan fingerprint density at radius 1 is 1.48 bits per heavy atom. The van der Waals surface area contributed by atoms with Crippen LogP contribution in [0.15, 0.2) is 18.2 Å². The van der Waals surface area contributed by atoms with Crippen LogP contribution in [0.5, 0.6) is 5.75 Å². The summed E-state index contributed by atoms with van der Waals surface area (Å²) in [5.41, 5.74) is 6.89. The zero-order valence-electron chi connectivity index (χ0n) is 13.7. The molecule has 126 valence electrons. The van der Waals surface area contributed by atoms with Crippen molar-refractivity contribution in [2.24, 2.45) is 5.92 Å². The van der Waals surface area contributed by atoms with Crippen molar-refractivity contribution in [2.75, 3.05) is 37.4 Å². The van der Waals surface area contributed by atoms with Gasteiger partial charge in [0.05, 0.1) is 12.3 Å². The normalized spacial score (nSPS) is 17.0. The third-order valence-electron chi connectivity index (χ3n) is 3.57. The second-order valence-electron chi connectivity index (χ2n) is 5.78. The average Bonchev–Trinajstić information content (AvgIpc) is 2.49. The SMILES string of the molecule is COCCNC(=O)CN1C(=O)C(C(C)C)Oc2cc(N)ccc21. The van der Waals surface area contributed by atoms with Crippen LogP contribution in [-0.2, 0) is 14.3 Å². The van der Waals surface area contributed by atoms with E-state index in [0.717, 1.165) is 0 Å². The Kier molecular flexibility index (Phi) is 5.44. The highest BCUT2D eigenvalue weighted by molar-refractivity contribution is 6.04. The van der Waals surface area contributed by atoms with Crippen LogP contribution in [0.1, 0.15) is 13.8 Å². The second-order valence-corrected chi connectivity index (χ2v) is 5.78. The highest BCUT2D eigenvalue weighted by atomic mass is 16.5. The summed E-state index contributed by atoms with van der Waals surface area (Å²) in [7, 11) is 1.56. The first kappa shape index (κ1) is 17.1. The van der Waals surface area contributed by atoms with Gasteiger partial charge in [-0.25, -0.2) is 0 Å². The van der Waals surface area contributed by atoms with E-state index in [2.05, 4.69) is 5.32 Å². The topological polar surface area (TPSA) is 93.9 Å². The molecule has 1 heterocycles. The maximum Gasteiger partial charge on any atom is 0.268 e. The van der Waals surface area contributed by atoms with Crippen molar-refractivity contribution < 1.29 is 19.1 Å². The number of hydrogen-bond acceptors (Lipinski definition) is 5. The number of nitrogens with two attached hydrogens (primary N) is 1. The third-order valence-corrected chi connectivity index (χ3v) is 3.57. The summed E-state index contributed by atoms with van der Waals surface area (Å²) >= 11 is 0. The predicted molar refractivity (Wildman–Crippen MR) is 87.3 cm³/mol. The number of rotatable bonds is 6. The van der Waals surface area contributed by atoms with Gasteiger partial charge in [-0.15, -0.1) is 0 Å². The van der Waals surface area contributed by atoms with E-state index in [4.69, 9.17) is 15.2 Å². The van der Waals surface area contributed by atoms with E-state index in [1.807, 2.05) is 13.8 Å². The lowest BCUT2D eigenvalue weighted by molar-refractivity contribution is -0.130. The molecule has 1 unspecified atom stereocenters. The molecule has 7 heteroatoms. The molecule has 23 heavy (non-hydrogen) atoms. The van der Waals surface area contributed by atoms with Gasteiger partial charge in [0.2, 0.25) is 5.91 Å². The Labute approximate surface area is 135 Å². The molecule has 0 fully saturated rings. The summed E-state index contributed by atoms with van der Waals surface area (Å²) in [6.07, 6.45) is -0.629. The summed E-state index contributed by atoms with van der Waals surface area (Å²) in [6.45, 7) is 4.56. The molecule has 7 nitrogen and oxygen atoms in total. The number of fused-ring (bicyclic) bond motifs is 1. The summed E-state index contributed by atoms with van der Waals surface area (Å²) in [5.74, 6) is 0.0332. The monoisotopic (exact) mass is 321 g/mol. The molecule has 1 aromatic carbocycles. The minimum Gasteiger partial charge on any atom is -0.478 e.